The second-order valence-corrected chi connectivity index (χ2v) is 4.87. The molecule has 2 nitrogen and oxygen atoms in total. The van der Waals surface area contributed by atoms with Crippen molar-refractivity contribution < 1.29 is 0 Å². The van der Waals surface area contributed by atoms with Gasteiger partial charge >= 0.3 is 0 Å². The number of nitrogens with zero attached hydrogens (tertiary/aromatic N) is 1. The van der Waals surface area contributed by atoms with E-state index in [2.05, 4.69) is 53.8 Å². The van der Waals surface area contributed by atoms with Crippen LogP contribution in [0.15, 0.2) is 48.5 Å². The summed E-state index contributed by atoms with van der Waals surface area (Å²) >= 11 is 0. The molecule has 1 aliphatic rings. The highest BCUT2D eigenvalue weighted by molar-refractivity contribution is 5.23. The van der Waals surface area contributed by atoms with Crippen molar-refractivity contribution in [1.29, 1.82) is 0 Å². The molecule has 1 saturated heterocycles. The molecule has 2 aromatic rings. The molecule has 3 rings (SSSR count). The van der Waals surface area contributed by atoms with Crippen LogP contribution in [0.2, 0.25) is 0 Å². The summed E-state index contributed by atoms with van der Waals surface area (Å²) in [5, 5.41) is 3.50. The lowest BCUT2D eigenvalue weighted by Gasteiger charge is -2.11. The van der Waals surface area contributed by atoms with Crippen molar-refractivity contribution in [2.45, 2.75) is 25.3 Å². The van der Waals surface area contributed by atoms with E-state index in [0.29, 0.717) is 6.04 Å². The molecule has 0 spiro atoms. The van der Waals surface area contributed by atoms with E-state index in [9.17, 15) is 0 Å². The largest absolute Gasteiger partial charge is 0.309 e. The van der Waals surface area contributed by atoms with Gasteiger partial charge in [0.1, 0.15) is 0 Å². The van der Waals surface area contributed by atoms with Gasteiger partial charge in [0.2, 0.25) is 0 Å². The Labute approximate surface area is 108 Å². The quantitative estimate of drug-likeness (QED) is 0.888. The van der Waals surface area contributed by atoms with Gasteiger partial charge in [0.15, 0.2) is 0 Å². The molecule has 1 aromatic carbocycles. The first kappa shape index (κ1) is 11.4. The van der Waals surface area contributed by atoms with Gasteiger partial charge in [-0.15, -0.1) is 0 Å². The summed E-state index contributed by atoms with van der Waals surface area (Å²) in [6.45, 7) is 1.12. The Balaban J connectivity index is 1.78. The normalized spacial score (nSPS) is 19.0. The van der Waals surface area contributed by atoms with Crippen LogP contribution in [0, 0.1) is 0 Å². The first-order chi connectivity index (χ1) is 8.92. The van der Waals surface area contributed by atoms with Gasteiger partial charge in [0.25, 0.3) is 0 Å². The van der Waals surface area contributed by atoms with Crippen LogP contribution < -0.4 is 5.32 Å². The second-order valence-electron chi connectivity index (χ2n) is 4.87. The molecule has 0 bridgehead atoms. The third-order valence-electron chi connectivity index (χ3n) is 3.47. The highest BCUT2D eigenvalue weighted by Gasteiger charge is 2.17. The summed E-state index contributed by atoms with van der Waals surface area (Å²) in [5.74, 6) is 0. The predicted molar refractivity (Wildman–Crippen MR) is 73.5 cm³/mol. The molecule has 0 saturated carbocycles. The Morgan fingerprint density at radius 3 is 2.72 bits per heavy atom. The SMILES string of the molecule is c1ccc(Cc2cccc([C@@H]3CCCN3)n2)cc1. The molecule has 2 heterocycles. The lowest BCUT2D eigenvalue weighted by molar-refractivity contribution is 0.625. The molecule has 1 aromatic heterocycles. The lowest BCUT2D eigenvalue weighted by Crippen LogP contribution is -2.14. The van der Waals surface area contributed by atoms with E-state index in [0.717, 1.165) is 18.7 Å². The van der Waals surface area contributed by atoms with Crippen LogP contribution in [0.5, 0.6) is 0 Å². The van der Waals surface area contributed by atoms with Crippen molar-refractivity contribution in [3.8, 4) is 0 Å². The van der Waals surface area contributed by atoms with Gasteiger partial charge in [0.05, 0.1) is 5.69 Å². The van der Waals surface area contributed by atoms with Gasteiger partial charge in [-0.25, -0.2) is 0 Å². The third-order valence-corrected chi connectivity index (χ3v) is 3.47. The van der Waals surface area contributed by atoms with E-state index in [4.69, 9.17) is 4.98 Å². The van der Waals surface area contributed by atoms with Crippen molar-refractivity contribution in [2.75, 3.05) is 6.54 Å². The molecule has 0 unspecified atom stereocenters. The lowest BCUT2D eigenvalue weighted by atomic mass is 10.1. The highest BCUT2D eigenvalue weighted by Crippen LogP contribution is 2.21. The van der Waals surface area contributed by atoms with Gasteiger partial charge in [0, 0.05) is 18.2 Å². The first-order valence-corrected chi connectivity index (χ1v) is 6.65. The zero-order chi connectivity index (χ0) is 12.2. The highest BCUT2D eigenvalue weighted by atomic mass is 15.0. The average molecular weight is 238 g/mol. The molecule has 1 fully saturated rings. The van der Waals surface area contributed by atoms with E-state index >= 15 is 0 Å². The van der Waals surface area contributed by atoms with Crippen molar-refractivity contribution in [3.63, 3.8) is 0 Å². The van der Waals surface area contributed by atoms with Crippen LogP contribution in [-0.4, -0.2) is 11.5 Å². The molecule has 18 heavy (non-hydrogen) atoms. The number of pyridine rings is 1. The first-order valence-electron chi connectivity index (χ1n) is 6.65. The predicted octanol–water partition coefficient (Wildman–Crippen LogP) is 3.10. The number of hydrogen-bond acceptors (Lipinski definition) is 2. The molecule has 1 atom stereocenters. The minimum Gasteiger partial charge on any atom is -0.309 e. The molecule has 1 N–H and O–H groups in total. The van der Waals surface area contributed by atoms with Crippen molar-refractivity contribution in [1.82, 2.24) is 10.3 Å². The zero-order valence-corrected chi connectivity index (χ0v) is 10.5. The Morgan fingerprint density at radius 2 is 1.94 bits per heavy atom. The molecule has 1 aliphatic heterocycles. The molecular formula is C16H18N2. The smallest absolute Gasteiger partial charge is 0.0576 e. The summed E-state index contributed by atoms with van der Waals surface area (Å²) in [5.41, 5.74) is 3.68. The maximum Gasteiger partial charge on any atom is 0.0576 e. The van der Waals surface area contributed by atoms with Gasteiger partial charge in [-0.3, -0.25) is 4.98 Å². The molecule has 2 heteroatoms. The van der Waals surface area contributed by atoms with Crippen LogP contribution in [0.4, 0.5) is 0 Å². The second kappa shape index (κ2) is 5.32. The molecular weight excluding hydrogens is 220 g/mol. The Bertz CT molecular complexity index is 502. The standard InChI is InChI=1S/C16H18N2/c1-2-6-13(7-3-1)12-14-8-4-9-16(18-14)15-10-5-11-17-15/h1-4,6-9,15,17H,5,10-12H2/t15-/m0/s1. The van der Waals surface area contributed by atoms with Crippen LogP contribution in [0.3, 0.4) is 0 Å². The van der Waals surface area contributed by atoms with Crippen LogP contribution in [0.25, 0.3) is 0 Å². The van der Waals surface area contributed by atoms with E-state index in [1.165, 1.54) is 24.1 Å². The van der Waals surface area contributed by atoms with Gasteiger partial charge in [-0.1, -0.05) is 36.4 Å². The van der Waals surface area contributed by atoms with E-state index in [1.807, 2.05) is 0 Å². The summed E-state index contributed by atoms with van der Waals surface area (Å²) in [7, 11) is 0. The average Bonchev–Trinajstić information content (AvgIpc) is 2.94. The molecule has 0 radical (unpaired) electrons. The third kappa shape index (κ3) is 2.59. The Morgan fingerprint density at radius 1 is 1.06 bits per heavy atom. The molecule has 0 amide bonds. The van der Waals surface area contributed by atoms with Crippen molar-refractivity contribution in [2.24, 2.45) is 0 Å². The summed E-state index contributed by atoms with van der Waals surface area (Å²) in [6, 6.07) is 17.4. The Hall–Kier alpha value is -1.67. The minimum absolute atomic E-state index is 0.459. The minimum atomic E-state index is 0.459. The van der Waals surface area contributed by atoms with Crippen LogP contribution >= 0.6 is 0 Å². The van der Waals surface area contributed by atoms with E-state index in [1.54, 1.807) is 0 Å². The van der Waals surface area contributed by atoms with Crippen LogP contribution in [0.1, 0.15) is 35.8 Å². The number of hydrogen-bond donors (Lipinski definition) is 1. The summed E-state index contributed by atoms with van der Waals surface area (Å²) in [6.07, 6.45) is 3.39. The number of nitrogens with one attached hydrogen (secondary N) is 1. The van der Waals surface area contributed by atoms with Crippen molar-refractivity contribution in [3.05, 3.63) is 65.5 Å². The van der Waals surface area contributed by atoms with E-state index < -0.39 is 0 Å². The maximum atomic E-state index is 4.79. The summed E-state index contributed by atoms with van der Waals surface area (Å²) in [4.78, 5) is 4.79. The van der Waals surface area contributed by atoms with E-state index in [-0.39, 0.29) is 0 Å². The number of aromatic nitrogens is 1. The van der Waals surface area contributed by atoms with Crippen molar-refractivity contribution >= 4 is 0 Å². The summed E-state index contributed by atoms with van der Waals surface area (Å²) < 4.78 is 0. The fraction of sp³-hybridized carbons (Fsp3) is 0.312. The van der Waals surface area contributed by atoms with Gasteiger partial charge < -0.3 is 5.32 Å². The zero-order valence-electron chi connectivity index (χ0n) is 10.5. The number of rotatable bonds is 3. The number of benzene rings is 1. The topological polar surface area (TPSA) is 24.9 Å². The maximum absolute atomic E-state index is 4.79. The van der Waals surface area contributed by atoms with Crippen LogP contribution in [-0.2, 0) is 6.42 Å². The fourth-order valence-electron chi connectivity index (χ4n) is 2.53. The monoisotopic (exact) mass is 238 g/mol. The fourth-order valence-corrected chi connectivity index (χ4v) is 2.53. The molecule has 92 valence electrons. The van der Waals surface area contributed by atoms with Gasteiger partial charge in [-0.05, 0) is 37.1 Å². The van der Waals surface area contributed by atoms with Gasteiger partial charge in [-0.2, -0.15) is 0 Å². The molecule has 0 aliphatic carbocycles. The Kier molecular flexibility index (Phi) is 3.37.